The number of carbonyl (C=O) groups is 2. The zero-order valence-corrected chi connectivity index (χ0v) is 16.9. The second kappa shape index (κ2) is 10.5. The number of ether oxygens (including phenoxy) is 2. The van der Waals surface area contributed by atoms with E-state index in [0.29, 0.717) is 17.0 Å². The predicted octanol–water partition coefficient (Wildman–Crippen LogP) is 4.25. The Morgan fingerprint density at radius 2 is 1.58 bits per heavy atom. The second-order valence-corrected chi connectivity index (χ2v) is 6.58. The van der Waals surface area contributed by atoms with Gasteiger partial charge in [-0.15, -0.1) is 0 Å². The normalized spacial score (nSPS) is 11.0. The van der Waals surface area contributed by atoms with Crippen molar-refractivity contribution in [2.75, 3.05) is 17.2 Å². The monoisotopic (exact) mass is 415 g/mol. The molecule has 7 heteroatoms. The average molecular weight is 415 g/mol. The Bertz CT molecular complexity index is 1080. The van der Waals surface area contributed by atoms with E-state index in [1.807, 2.05) is 48.5 Å². The summed E-state index contributed by atoms with van der Waals surface area (Å²) in [7, 11) is 0. The van der Waals surface area contributed by atoms with Gasteiger partial charge in [-0.1, -0.05) is 30.3 Å². The molecule has 0 spiro atoms. The molecule has 0 aliphatic carbocycles. The van der Waals surface area contributed by atoms with Crippen LogP contribution in [0.15, 0.2) is 78.9 Å². The number of carbonyl (C=O) groups excluding carboxylic acids is 2. The molecule has 3 aromatic carbocycles. The fourth-order valence-corrected chi connectivity index (χ4v) is 2.67. The van der Waals surface area contributed by atoms with E-state index >= 15 is 0 Å². The minimum atomic E-state index is -1.04. The lowest BCUT2D eigenvalue weighted by molar-refractivity contribution is -0.155. The van der Waals surface area contributed by atoms with Crippen molar-refractivity contribution in [2.45, 2.75) is 13.0 Å². The molecule has 0 saturated heterocycles. The molecule has 3 rings (SSSR count). The molecule has 1 atom stereocenters. The fraction of sp³-hybridized carbons (Fsp3) is 0.125. The zero-order valence-electron chi connectivity index (χ0n) is 16.9. The average Bonchev–Trinajstić information content (AvgIpc) is 2.79. The molecule has 0 fully saturated rings. The van der Waals surface area contributed by atoms with Gasteiger partial charge < -0.3 is 20.1 Å². The highest BCUT2D eigenvalue weighted by Crippen LogP contribution is 2.20. The highest BCUT2D eigenvalue weighted by atomic mass is 16.6. The van der Waals surface area contributed by atoms with Crippen LogP contribution in [0.1, 0.15) is 12.5 Å². The first-order valence-electron chi connectivity index (χ1n) is 9.59. The first-order valence-corrected chi connectivity index (χ1v) is 9.59. The number of rotatable bonds is 8. The maximum absolute atomic E-state index is 12.2. The Morgan fingerprint density at radius 3 is 2.29 bits per heavy atom. The number of para-hydroxylation sites is 2. The van der Waals surface area contributed by atoms with E-state index in [0.717, 1.165) is 11.4 Å². The van der Waals surface area contributed by atoms with Crippen LogP contribution in [0, 0.1) is 11.3 Å². The van der Waals surface area contributed by atoms with Crippen LogP contribution in [0.3, 0.4) is 0 Å². The summed E-state index contributed by atoms with van der Waals surface area (Å²) >= 11 is 0. The summed E-state index contributed by atoms with van der Waals surface area (Å²) in [5, 5.41) is 14.9. The van der Waals surface area contributed by atoms with Gasteiger partial charge in [0.2, 0.25) is 0 Å². The van der Waals surface area contributed by atoms with Gasteiger partial charge in [0.1, 0.15) is 11.8 Å². The van der Waals surface area contributed by atoms with E-state index < -0.39 is 18.0 Å². The fourth-order valence-electron chi connectivity index (χ4n) is 2.67. The number of anilines is 3. The minimum Gasteiger partial charge on any atom is -0.482 e. The van der Waals surface area contributed by atoms with Crippen molar-refractivity contribution in [1.82, 2.24) is 0 Å². The molecule has 2 N–H and O–H groups in total. The van der Waals surface area contributed by atoms with E-state index in [-0.39, 0.29) is 6.61 Å². The molecule has 0 aromatic heterocycles. The van der Waals surface area contributed by atoms with E-state index in [1.165, 1.54) is 6.92 Å². The summed E-state index contributed by atoms with van der Waals surface area (Å²) in [6.07, 6.45) is -1.04. The molecule has 7 nitrogen and oxygen atoms in total. The maximum atomic E-state index is 12.2. The molecular formula is C24H21N3O4. The lowest BCUT2D eigenvalue weighted by atomic mass is 10.2. The molecule has 3 aromatic rings. The van der Waals surface area contributed by atoms with Crippen molar-refractivity contribution in [3.8, 4) is 11.8 Å². The molecule has 156 valence electrons. The van der Waals surface area contributed by atoms with Gasteiger partial charge in [-0.05, 0) is 55.5 Å². The van der Waals surface area contributed by atoms with Gasteiger partial charge >= 0.3 is 5.97 Å². The van der Waals surface area contributed by atoms with Crippen LogP contribution in [0.25, 0.3) is 0 Å². The van der Waals surface area contributed by atoms with Crippen molar-refractivity contribution in [2.24, 2.45) is 0 Å². The van der Waals surface area contributed by atoms with Crippen LogP contribution in [-0.2, 0) is 14.3 Å². The molecular weight excluding hydrogens is 394 g/mol. The SMILES string of the molecule is C[C@@H](OC(=O)COc1ccc(Nc2ccccc2)cc1)C(=O)Nc1ccccc1C#N. The summed E-state index contributed by atoms with van der Waals surface area (Å²) in [4.78, 5) is 24.3. The van der Waals surface area contributed by atoms with Gasteiger partial charge in [-0.2, -0.15) is 5.26 Å². The van der Waals surface area contributed by atoms with Crippen molar-refractivity contribution >= 4 is 28.9 Å². The van der Waals surface area contributed by atoms with Gasteiger partial charge in [-0.25, -0.2) is 4.79 Å². The van der Waals surface area contributed by atoms with Crippen LogP contribution in [0.4, 0.5) is 17.1 Å². The highest BCUT2D eigenvalue weighted by Gasteiger charge is 2.19. The van der Waals surface area contributed by atoms with Crippen molar-refractivity contribution < 1.29 is 19.1 Å². The molecule has 0 saturated carbocycles. The maximum Gasteiger partial charge on any atom is 0.344 e. The number of esters is 1. The first-order chi connectivity index (χ1) is 15.0. The van der Waals surface area contributed by atoms with E-state index in [1.54, 1.807) is 36.4 Å². The van der Waals surface area contributed by atoms with Crippen LogP contribution >= 0.6 is 0 Å². The van der Waals surface area contributed by atoms with Crippen LogP contribution in [0.2, 0.25) is 0 Å². The minimum absolute atomic E-state index is 0.322. The van der Waals surface area contributed by atoms with E-state index in [2.05, 4.69) is 10.6 Å². The number of nitrogens with one attached hydrogen (secondary N) is 2. The molecule has 0 heterocycles. The third-order valence-electron chi connectivity index (χ3n) is 4.26. The van der Waals surface area contributed by atoms with Crippen LogP contribution in [0.5, 0.6) is 5.75 Å². The van der Waals surface area contributed by atoms with E-state index in [9.17, 15) is 9.59 Å². The Hall–Kier alpha value is -4.31. The summed E-state index contributed by atoms with van der Waals surface area (Å²) in [6.45, 7) is 1.12. The Kier molecular flexibility index (Phi) is 7.22. The van der Waals surface area contributed by atoms with Gasteiger partial charge in [-0.3, -0.25) is 4.79 Å². The zero-order chi connectivity index (χ0) is 22.1. The van der Waals surface area contributed by atoms with Crippen LogP contribution in [-0.4, -0.2) is 24.6 Å². The standard InChI is InChI=1S/C24H21N3O4/c1-17(24(29)27-22-10-6-5-7-18(22)15-25)31-23(28)16-30-21-13-11-20(12-14-21)26-19-8-3-2-4-9-19/h2-14,17,26H,16H2,1H3,(H,27,29)/t17-/m1/s1. The Morgan fingerprint density at radius 1 is 0.935 bits per heavy atom. The number of amides is 1. The second-order valence-electron chi connectivity index (χ2n) is 6.58. The van der Waals surface area contributed by atoms with Gasteiger partial charge in [0.05, 0.1) is 11.3 Å². The van der Waals surface area contributed by atoms with Crippen molar-refractivity contribution in [3.63, 3.8) is 0 Å². The summed E-state index contributed by atoms with van der Waals surface area (Å²) < 4.78 is 10.5. The lowest BCUT2D eigenvalue weighted by Gasteiger charge is -2.14. The topological polar surface area (TPSA) is 100 Å². The quantitative estimate of drug-likeness (QED) is 0.534. The molecule has 0 aliphatic rings. The van der Waals surface area contributed by atoms with E-state index in [4.69, 9.17) is 14.7 Å². The smallest absolute Gasteiger partial charge is 0.344 e. The molecule has 0 radical (unpaired) electrons. The number of nitrogens with zero attached hydrogens (tertiary/aromatic N) is 1. The van der Waals surface area contributed by atoms with Crippen molar-refractivity contribution in [1.29, 1.82) is 5.26 Å². The largest absolute Gasteiger partial charge is 0.482 e. The first kappa shape index (κ1) is 21.4. The Labute approximate surface area is 180 Å². The molecule has 0 aliphatic heterocycles. The van der Waals surface area contributed by atoms with Crippen LogP contribution < -0.4 is 15.4 Å². The van der Waals surface area contributed by atoms with Gasteiger partial charge in [0.25, 0.3) is 5.91 Å². The molecule has 1 amide bonds. The lowest BCUT2D eigenvalue weighted by Crippen LogP contribution is -2.31. The van der Waals surface area contributed by atoms with Gasteiger partial charge in [0, 0.05) is 11.4 Å². The summed E-state index contributed by atoms with van der Waals surface area (Å²) in [5.74, 6) is -0.717. The number of hydrogen-bond acceptors (Lipinski definition) is 6. The molecule has 0 bridgehead atoms. The Balaban J connectivity index is 1.46. The van der Waals surface area contributed by atoms with Gasteiger partial charge in [0.15, 0.2) is 12.7 Å². The third kappa shape index (κ3) is 6.34. The third-order valence-corrected chi connectivity index (χ3v) is 4.26. The summed E-state index contributed by atoms with van der Waals surface area (Å²) in [5.41, 5.74) is 2.52. The molecule has 31 heavy (non-hydrogen) atoms. The number of hydrogen-bond donors (Lipinski definition) is 2. The molecule has 0 unspecified atom stereocenters. The highest BCUT2D eigenvalue weighted by molar-refractivity contribution is 5.96. The number of nitriles is 1. The number of benzene rings is 3. The van der Waals surface area contributed by atoms with Crippen molar-refractivity contribution in [3.05, 3.63) is 84.4 Å². The predicted molar refractivity (Wildman–Crippen MR) is 117 cm³/mol. The summed E-state index contributed by atoms with van der Waals surface area (Å²) in [6, 6.07) is 25.4.